The van der Waals surface area contributed by atoms with Crippen molar-refractivity contribution in [2.24, 2.45) is 5.92 Å². The van der Waals surface area contributed by atoms with E-state index in [-0.39, 0.29) is 23.5 Å². The van der Waals surface area contributed by atoms with Gasteiger partial charge in [-0.25, -0.2) is 18.4 Å². The number of carbonyl (C=O) groups excluding carboxylic acids is 1. The van der Waals surface area contributed by atoms with E-state index >= 15 is 0 Å². The van der Waals surface area contributed by atoms with Gasteiger partial charge in [0.05, 0.1) is 11.5 Å². The quantitative estimate of drug-likeness (QED) is 0.799. The summed E-state index contributed by atoms with van der Waals surface area (Å²) in [7, 11) is -3.03. The van der Waals surface area contributed by atoms with Gasteiger partial charge in [-0.2, -0.15) is 0 Å². The first kappa shape index (κ1) is 18.6. The number of nitrogens with one attached hydrogen (secondary N) is 1. The zero-order valence-electron chi connectivity index (χ0n) is 14.5. The molecule has 0 aliphatic carbocycles. The zero-order valence-corrected chi connectivity index (χ0v) is 15.3. The van der Waals surface area contributed by atoms with E-state index < -0.39 is 9.84 Å². The maximum atomic E-state index is 12.7. The van der Waals surface area contributed by atoms with Crippen LogP contribution in [0.15, 0.2) is 12.3 Å². The molecule has 1 amide bonds. The summed E-state index contributed by atoms with van der Waals surface area (Å²) in [5.41, 5.74) is 0.295. The Morgan fingerprint density at radius 3 is 2.79 bits per heavy atom. The number of amides is 1. The Kier molecular flexibility index (Phi) is 6.15. The van der Waals surface area contributed by atoms with Gasteiger partial charge in [0, 0.05) is 25.3 Å². The molecule has 1 saturated heterocycles. The molecule has 1 aliphatic heterocycles. The van der Waals surface area contributed by atoms with Crippen LogP contribution in [0.2, 0.25) is 0 Å². The van der Waals surface area contributed by atoms with Crippen molar-refractivity contribution in [3.8, 4) is 0 Å². The van der Waals surface area contributed by atoms with Gasteiger partial charge in [0.25, 0.3) is 5.91 Å². The highest BCUT2D eigenvalue weighted by Crippen LogP contribution is 2.19. The predicted molar refractivity (Wildman–Crippen MR) is 93.7 cm³/mol. The Morgan fingerprint density at radius 1 is 1.46 bits per heavy atom. The normalized spacial score (nSPS) is 19.4. The number of hydrogen-bond acceptors (Lipinski definition) is 6. The third-order valence-electron chi connectivity index (χ3n) is 4.13. The lowest BCUT2D eigenvalue weighted by molar-refractivity contribution is 0.0702. The number of carbonyl (C=O) groups is 1. The molecule has 0 spiro atoms. The highest BCUT2D eigenvalue weighted by atomic mass is 32.2. The van der Waals surface area contributed by atoms with E-state index in [1.165, 1.54) is 0 Å². The topological polar surface area (TPSA) is 92.3 Å². The number of anilines is 1. The first-order valence-corrected chi connectivity index (χ1v) is 10.2. The lowest BCUT2D eigenvalue weighted by Crippen LogP contribution is -2.41. The molecule has 2 rings (SSSR count). The van der Waals surface area contributed by atoms with Crippen LogP contribution in [0.4, 0.5) is 5.95 Å². The van der Waals surface area contributed by atoms with E-state index in [2.05, 4.69) is 29.1 Å². The van der Waals surface area contributed by atoms with Crippen LogP contribution in [0.25, 0.3) is 0 Å². The second-order valence-electron chi connectivity index (χ2n) is 6.52. The highest BCUT2D eigenvalue weighted by molar-refractivity contribution is 7.91. The third-order valence-corrected chi connectivity index (χ3v) is 5.88. The lowest BCUT2D eigenvalue weighted by atomic mass is 10.1. The summed E-state index contributed by atoms with van der Waals surface area (Å²) in [6.07, 6.45) is 3.03. The van der Waals surface area contributed by atoms with Crippen molar-refractivity contribution in [2.75, 3.05) is 29.9 Å². The minimum atomic E-state index is -3.03. The average molecular weight is 354 g/mol. The highest BCUT2D eigenvalue weighted by Gasteiger charge is 2.34. The molecule has 1 fully saturated rings. The van der Waals surface area contributed by atoms with Crippen LogP contribution in [0.3, 0.4) is 0 Å². The Morgan fingerprint density at radius 2 is 2.21 bits per heavy atom. The van der Waals surface area contributed by atoms with Crippen LogP contribution in [0.5, 0.6) is 0 Å². The molecule has 8 heteroatoms. The molecule has 1 N–H and O–H groups in total. The van der Waals surface area contributed by atoms with Gasteiger partial charge in [-0.3, -0.25) is 4.79 Å². The maximum Gasteiger partial charge on any atom is 0.272 e. The molecule has 0 radical (unpaired) electrons. The Balaban J connectivity index is 2.07. The molecule has 1 aromatic heterocycles. The molecule has 1 unspecified atom stereocenters. The number of sulfone groups is 1. The van der Waals surface area contributed by atoms with Gasteiger partial charge < -0.3 is 10.2 Å². The number of rotatable bonds is 7. The largest absolute Gasteiger partial charge is 0.354 e. The summed E-state index contributed by atoms with van der Waals surface area (Å²) in [5.74, 6) is 0.942. The maximum absolute atomic E-state index is 12.7. The van der Waals surface area contributed by atoms with Crippen molar-refractivity contribution < 1.29 is 13.2 Å². The van der Waals surface area contributed by atoms with E-state index in [0.717, 1.165) is 13.0 Å². The SMILES string of the molecule is CCN(C(=O)c1ccnc(NCCC(C)C)n1)C1CCS(=O)(=O)C1. The average Bonchev–Trinajstić information content (AvgIpc) is 2.88. The van der Waals surface area contributed by atoms with Gasteiger partial charge in [0.15, 0.2) is 9.84 Å². The molecule has 7 nitrogen and oxygen atoms in total. The van der Waals surface area contributed by atoms with Crippen LogP contribution < -0.4 is 5.32 Å². The molecule has 1 atom stereocenters. The van der Waals surface area contributed by atoms with Crippen molar-refractivity contribution in [1.82, 2.24) is 14.9 Å². The first-order chi connectivity index (χ1) is 11.3. The van der Waals surface area contributed by atoms with Crippen LogP contribution in [-0.4, -0.2) is 59.8 Å². The lowest BCUT2D eigenvalue weighted by Gasteiger charge is -2.26. The minimum Gasteiger partial charge on any atom is -0.354 e. The van der Waals surface area contributed by atoms with Crippen LogP contribution in [0.1, 0.15) is 44.1 Å². The molecular formula is C16H26N4O3S. The number of aromatic nitrogens is 2. The Labute approximate surface area is 143 Å². The summed E-state index contributed by atoms with van der Waals surface area (Å²) >= 11 is 0. The van der Waals surface area contributed by atoms with Gasteiger partial charge >= 0.3 is 0 Å². The summed E-state index contributed by atoms with van der Waals surface area (Å²) < 4.78 is 23.3. The molecule has 134 valence electrons. The fourth-order valence-corrected chi connectivity index (χ4v) is 4.50. The van der Waals surface area contributed by atoms with Crippen molar-refractivity contribution in [2.45, 2.75) is 39.7 Å². The Bertz CT molecular complexity index is 676. The molecule has 0 bridgehead atoms. The standard InChI is InChI=1S/C16H26N4O3S/c1-4-20(13-7-10-24(22,23)11-13)15(21)14-6-9-18-16(19-14)17-8-5-12(2)3/h6,9,12-13H,4-5,7-8,10-11H2,1-3H3,(H,17,18,19). The van der Waals surface area contributed by atoms with E-state index in [1.807, 2.05) is 6.92 Å². The summed E-state index contributed by atoms with van der Waals surface area (Å²) in [6.45, 7) is 7.33. The summed E-state index contributed by atoms with van der Waals surface area (Å²) in [6, 6.07) is 1.31. The second-order valence-corrected chi connectivity index (χ2v) is 8.75. The second kappa shape index (κ2) is 7.92. The first-order valence-electron chi connectivity index (χ1n) is 8.40. The summed E-state index contributed by atoms with van der Waals surface area (Å²) in [4.78, 5) is 22.7. The minimum absolute atomic E-state index is 0.0388. The van der Waals surface area contributed by atoms with E-state index in [9.17, 15) is 13.2 Å². The van der Waals surface area contributed by atoms with Crippen LogP contribution in [0, 0.1) is 5.92 Å². The number of nitrogens with zero attached hydrogens (tertiary/aromatic N) is 3. The van der Waals surface area contributed by atoms with Gasteiger partial charge in [-0.15, -0.1) is 0 Å². The van der Waals surface area contributed by atoms with Crippen LogP contribution in [-0.2, 0) is 9.84 Å². The fraction of sp³-hybridized carbons (Fsp3) is 0.688. The van der Waals surface area contributed by atoms with Crippen LogP contribution >= 0.6 is 0 Å². The zero-order chi connectivity index (χ0) is 17.7. The third kappa shape index (κ3) is 4.90. The number of hydrogen-bond donors (Lipinski definition) is 1. The fourth-order valence-electron chi connectivity index (χ4n) is 2.77. The molecule has 0 aromatic carbocycles. The van der Waals surface area contributed by atoms with E-state index in [4.69, 9.17) is 0 Å². The van der Waals surface area contributed by atoms with Crippen molar-refractivity contribution >= 4 is 21.7 Å². The predicted octanol–water partition coefficient (Wildman–Crippen LogP) is 1.58. The van der Waals surface area contributed by atoms with Gasteiger partial charge in [0.1, 0.15) is 5.69 Å². The monoisotopic (exact) mass is 354 g/mol. The van der Waals surface area contributed by atoms with Crippen molar-refractivity contribution in [1.29, 1.82) is 0 Å². The Hall–Kier alpha value is -1.70. The molecule has 2 heterocycles. The van der Waals surface area contributed by atoms with Gasteiger partial charge in [-0.1, -0.05) is 13.8 Å². The smallest absolute Gasteiger partial charge is 0.272 e. The molecule has 0 saturated carbocycles. The molecular weight excluding hydrogens is 328 g/mol. The summed E-state index contributed by atoms with van der Waals surface area (Å²) in [5, 5.41) is 3.12. The molecule has 24 heavy (non-hydrogen) atoms. The molecule has 1 aromatic rings. The van der Waals surface area contributed by atoms with E-state index in [1.54, 1.807) is 17.2 Å². The van der Waals surface area contributed by atoms with Crippen molar-refractivity contribution in [3.05, 3.63) is 18.0 Å². The van der Waals surface area contributed by atoms with Gasteiger partial charge in [0.2, 0.25) is 5.95 Å². The molecule has 1 aliphatic rings. The van der Waals surface area contributed by atoms with Gasteiger partial charge in [-0.05, 0) is 31.7 Å². The van der Waals surface area contributed by atoms with E-state index in [0.29, 0.717) is 30.5 Å². The van der Waals surface area contributed by atoms with Crippen molar-refractivity contribution in [3.63, 3.8) is 0 Å².